The first kappa shape index (κ1) is 22.7. The zero-order valence-electron chi connectivity index (χ0n) is 14.6. The molecule has 0 radical (unpaired) electrons. The lowest BCUT2D eigenvalue weighted by Crippen LogP contribution is -2.21. The predicted molar refractivity (Wildman–Crippen MR) is 86.7 cm³/mol. The van der Waals surface area contributed by atoms with Gasteiger partial charge in [0.1, 0.15) is 0 Å². The molecule has 0 aromatic heterocycles. The standard InChI is InChI=1S/C16H34O7/c1-3-19-9-11-22-13-15(17)5-7-21-8-6-16(18)14-23-12-10-20-4-2/h15-18H,3-14H2,1-2H3. The Morgan fingerprint density at radius 3 is 1.35 bits per heavy atom. The van der Waals surface area contributed by atoms with Crippen molar-refractivity contribution in [3.05, 3.63) is 0 Å². The van der Waals surface area contributed by atoms with E-state index >= 15 is 0 Å². The number of aliphatic hydroxyl groups is 2. The molecule has 23 heavy (non-hydrogen) atoms. The largest absolute Gasteiger partial charge is 0.391 e. The van der Waals surface area contributed by atoms with Crippen molar-refractivity contribution >= 4 is 0 Å². The lowest BCUT2D eigenvalue weighted by atomic mass is 10.2. The first-order valence-electron chi connectivity index (χ1n) is 8.45. The predicted octanol–water partition coefficient (Wildman–Crippen LogP) is 0.611. The maximum atomic E-state index is 9.67. The van der Waals surface area contributed by atoms with Crippen LogP contribution in [0, 0.1) is 0 Å². The van der Waals surface area contributed by atoms with E-state index in [2.05, 4.69) is 0 Å². The maximum Gasteiger partial charge on any atom is 0.0795 e. The van der Waals surface area contributed by atoms with Crippen molar-refractivity contribution in [2.75, 3.05) is 66.1 Å². The highest BCUT2D eigenvalue weighted by Crippen LogP contribution is 1.98. The molecule has 140 valence electrons. The maximum absolute atomic E-state index is 9.67. The fraction of sp³-hybridized carbons (Fsp3) is 1.00. The Labute approximate surface area is 139 Å². The highest BCUT2D eigenvalue weighted by atomic mass is 16.5. The average Bonchev–Trinajstić information content (AvgIpc) is 2.54. The van der Waals surface area contributed by atoms with E-state index in [0.29, 0.717) is 65.7 Å². The Balaban J connectivity index is 3.26. The van der Waals surface area contributed by atoms with E-state index in [4.69, 9.17) is 23.7 Å². The minimum Gasteiger partial charge on any atom is -0.391 e. The van der Waals surface area contributed by atoms with Crippen molar-refractivity contribution in [1.29, 1.82) is 0 Å². The van der Waals surface area contributed by atoms with Crippen LogP contribution in [0.2, 0.25) is 0 Å². The number of hydrogen-bond acceptors (Lipinski definition) is 7. The van der Waals surface area contributed by atoms with Crippen LogP contribution < -0.4 is 0 Å². The van der Waals surface area contributed by atoms with Gasteiger partial charge in [-0.05, 0) is 26.7 Å². The Morgan fingerprint density at radius 2 is 0.957 bits per heavy atom. The average molecular weight is 338 g/mol. The molecule has 2 atom stereocenters. The van der Waals surface area contributed by atoms with Crippen molar-refractivity contribution in [1.82, 2.24) is 0 Å². The Bertz CT molecular complexity index is 206. The Morgan fingerprint density at radius 1 is 0.565 bits per heavy atom. The molecule has 7 nitrogen and oxygen atoms in total. The number of hydrogen-bond donors (Lipinski definition) is 2. The molecular weight excluding hydrogens is 304 g/mol. The van der Waals surface area contributed by atoms with Gasteiger partial charge in [-0.3, -0.25) is 0 Å². The van der Waals surface area contributed by atoms with Gasteiger partial charge >= 0.3 is 0 Å². The molecule has 0 aliphatic heterocycles. The van der Waals surface area contributed by atoms with Gasteiger partial charge < -0.3 is 33.9 Å². The molecule has 0 bridgehead atoms. The lowest BCUT2D eigenvalue weighted by Gasteiger charge is -2.13. The SMILES string of the molecule is CCOCCOCC(O)CCOCCC(O)COCCOCC. The van der Waals surface area contributed by atoms with Crippen LogP contribution in [0.3, 0.4) is 0 Å². The molecule has 0 aromatic rings. The van der Waals surface area contributed by atoms with E-state index in [-0.39, 0.29) is 13.2 Å². The highest BCUT2D eigenvalue weighted by Gasteiger charge is 2.06. The number of aliphatic hydroxyl groups excluding tert-OH is 2. The quantitative estimate of drug-likeness (QED) is 0.354. The number of rotatable bonds is 18. The van der Waals surface area contributed by atoms with E-state index in [1.165, 1.54) is 0 Å². The fourth-order valence-electron chi connectivity index (χ4n) is 1.67. The summed E-state index contributed by atoms with van der Waals surface area (Å²) in [6.45, 7) is 8.71. The molecule has 0 heterocycles. The summed E-state index contributed by atoms with van der Waals surface area (Å²) in [5.74, 6) is 0. The van der Waals surface area contributed by atoms with Gasteiger partial charge in [0.15, 0.2) is 0 Å². The fourth-order valence-corrected chi connectivity index (χ4v) is 1.67. The Kier molecular flexibility index (Phi) is 17.8. The van der Waals surface area contributed by atoms with Gasteiger partial charge in [0, 0.05) is 26.4 Å². The minimum atomic E-state index is -0.538. The van der Waals surface area contributed by atoms with Crippen LogP contribution in [0.1, 0.15) is 26.7 Å². The third-order valence-corrected chi connectivity index (χ3v) is 2.96. The first-order chi connectivity index (χ1) is 11.2. The molecule has 0 aromatic carbocycles. The van der Waals surface area contributed by atoms with Crippen molar-refractivity contribution in [2.24, 2.45) is 0 Å². The van der Waals surface area contributed by atoms with Crippen LogP contribution >= 0.6 is 0 Å². The molecule has 0 saturated carbocycles. The molecule has 7 heteroatoms. The second-order valence-corrected chi connectivity index (χ2v) is 5.04. The Hall–Kier alpha value is -0.280. The minimum absolute atomic E-state index is 0.284. The third kappa shape index (κ3) is 17.9. The van der Waals surface area contributed by atoms with Crippen LogP contribution in [0.5, 0.6) is 0 Å². The summed E-state index contributed by atoms with van der Waals surface area (Å²) >= 11 is 0. The molecule has 0 saturated heterocycles. The van der Waals surface area contributed by atoms with Crippen LogP contribution in [0.4, 0.5) is 0 Å². The molecule has 0 fully saturated rings. The molecule has 0 rings (SSSR count). The second kappa shape index (κ2) is 18.1. The van der Waals surface area contributed by atoms with Crippen molar-refractivity contribution in [3.63, 3.8) is 0 Å². The van der Waals surface area contributed by atoms with Crippen LogP contribution in [0.15, 0.2) is 0 Å². The summed E-state index contributed by atoms with van der Waals surface area (Å²) in [6, 6.07) is 0. The molecule has 2 N–H and O–H groups in total. The van der Waals surface area contributed by atoms with Crippen LogP contribution in [-0.4, -0.2) is 88.5 Å². The monoisotopic (exact) mass is 338 g/mol. The summed E-state index contributed by atoms with van der Waals surface area (Å²) < 4.78 is 26.2. The number of ether oxygens (including phenoxy) is 5. The summed E-state index contributed by atoms with van der Waals surface area (Å²) in [6.07, 6.45) is -0.0579. The summed E-state index contributed by atoms with van der Waals surface area (Å²) in [4.78, 5) is 0. The van der Waals surface area contributed by atoms with E-state index in [9.17, 15) is 10.2 Å². The molecular formula is C16H34O7. The van der Waals surface area contributed by atoms with Gasteiger partial charge in [-0.25, -0.2) is 0 Å². The van der Waals surface area contributed by atoms with Gasteiger partial charge in [0.05, 0.1) is 51.8 Å². The molecule has 0 aliphatic carbocycles. The van der Waals surface area contributed by atoms with Crippen molar-refractivity contribution in [2.45, 2.75) is 38.9 Å². The summed E-state index contributed by atoms with van der Waals surface area (Å²) in [7, 11) is 0. The van der Waals surface area contributed by atoms with E-state index in [1.807, 2.05) is 13.8 Å². The van der Waals surface area contributed by atoms with Gasteiger partial charge in [-0.1, -0.05) is 0 Å². The molecule has 2 unspecified atom stereocenters. The highest BCUT2D eigenvalue weighted by molar-refractivity contribution is 4.55. The third-order valence-electron chi connectivity index (χ3n) is 2.96. The van der Waals surface area contributed by atoms with E-state index in [1.54, 1.807) is 0 Å². The first-order valence-corrected chi connectivity index (χ1v) is 8.45. The van der Waals surface area contributed by atoms with Gasteiger partial charge in [0.25, 0.3) is 0 Å². The van der Waals surface area contributed by atoms with E-state index in [0.717, 1.165) is 0 Å². The second-order valence-electron chi connectivity index (χ2n) is 5.04. The topological polar surface area (TPSA) is 86.6 Å². The summed E-state index contributed by atoms with van der Waals surface area (Å²) in [5, 5.41) is 19.3. The van der Waals surface area contributed by atoms with Crippen molar-refractivity contribution in [3.8, 4) is 0 Å². The molecule has 0 aliphatic rings. The summed E-state index contributed by atoms with van der Waals surface area (Å²) in [5.41, 5.74) is 0. The van der Waals surface area contributed by atoms with Crippen molar-refractivity contribution < 1.29 is 33.9 Å². The van der Waals surface area contributed by atoms with Gasteiger partial charge in [0.2, 0.25) is 0 Å². The van der Waals surface area contributed by atoms with Gasteiger partial charge in [-0.2, -0.15) is 0 Å². The van der Waals surface area contributed by atoms with Crippen LogP contribution in [0.25, 0.3) is 0 Å². The smallest absolute Gasteiger partial charge is 0.0795 e. The zero-order valence-corrected chi connectivity index (χ0v) is 14.6. The van der Waals surface area contributed by atoms with Gasteiger partial charge in [-0.15, -0.1) is 0 Å². The van der Waals surface area contributed by atoms with Crippen LogP contribution in [-0.2, 0) is 23.7 Å². The lowest BCUT2D eigenvalue weighted by molar-refractivity contribution is -0.0184. The molecule has 0 amide bonds. The van der Waals surface area contributed by atoms with E-state index < -0.39 is 12.2 Å². The zero-order chi connectivity index (χ0) is 17.2. The molecule has 0 spiro atoms. The normalized spacial score (nSPS) is 14.1.